The minimum atomic E-state index is -0.778. The number of ether oxygens (including phenoxy) is 1. The van der Waals surface area contributed by atoms with Gasteiger partial charge in [-0.3, -0.25) is 9.59 Å². The molecule has 0 saturated heterocycles. The van der Waals surface area contributed by atoms with Crippen LogP contribution in [0.2, 0.25) is 0 Å². The van der Waals surface area contributed by atoms with Crippen molar-refractivity contribution in [1.82, 2.24) is 10.6 Å². The van der Waals surface area contributed by atoms with Crippen molar-refractivity contribution in [2.75, 3.05) is 6.61 Å². The van der Waals surface area contributed by atoms with Crippen LogP contribution in [0.5, 0.6) is 0 Å². The number of hydrogen-bond acceptors (Lipinski definition) is 4. The van der Waals surface area contributed by atoms with Gasteiger partial charge in [0, 0.05) is 30.8 Å². The average Bonchev–Trinajstić information content (AvgIpc) is 3.39. The van der Waals surface area contributed by atoms with Crippen molar-refractivity contribution in [2.24, 2.45) is 5.92 Å². The molecule has 7 nitrogen and oxygen atoms in total. The summed E-state index contributed by atoms with van der Waals surface area (Å²) in [6.07, 6.45) is 3.85. The molecule has 2 aliphatic carbocycles. The summed E-state index contributed by atoms with van der Waals surface area (Å²) in [5, 5.41) is 14.8. The Morgan fingerprint density at radius 1 is 1.03 bits per heavy atom. The van der Waals surface area contributed by atoms with Crippen LogP contribution in [0.1, 0.15) is 68.9 Å². The summed E-state index contributed by atoms with van der Waals surface area (Å²) in [6.45, 7) is 2.19. The number of aliphatic carboxylic acids is 1. The topological polar surface area (TPSA) is 105 Å². The van der Waals surface area contributed by atoms with Crippen LogP contribution < -0.4 is 10.6 Å². The fourth-order valence-corrected chi connectivity index (χ4v) is 5.42. The molecular weight excluding hydrogens is 444 g/mol. The number of carbonyl (C=O) groups excluding carboxylic acids is 2. The van der Waals surface area contributed by atoms with Crippen LogP contribution in [0.15, 0.2) is 48.5 Å². The summed E-state index contributed by atoms with van der Waals surface area (Å²) in [4.78, 5) is 35.5. The van der Waals surface area contributed by atoms with Gasteiger partial charge in [-0.15, -0.1) is 0 Å². The monoisotopic (exact) mass is 478 g/mol. The zero-order valence-corrected chi connectivity index (χ0v) is 20.2. The fraction of sp³-hybridized carbons (Fsp3) is 0.464. The molecule has 7 heteroatoms. The molecule has 0 aromatic heterocycles. The first-order chi connectivity index (χ1) is 16.9. The first-order valence-corrected chi connectivity index (χ1v) is 12.5. The summed E-state index contributed by atoms with van der Waals surface area (Å²) >= 11 is 0. The van der Waals surface area contributed by atoms with Crippen molar-refractivity contribution < 1.29 is 24.2 Å². The highest BCUT2D eigenvalue weighted by Crippen LogP contribution is 2.44. The Morgan fingerprint density at radius 2 is 1.69 bits per heavy atom. The number of carboxylic acid groups (broad SMARTS) is 1. The number of fused-ring (bicyclic) bond motifs is 3. The van der Waals surface area contributed by atoms with Gasteiger partial charge in [-0.2, -0.15) is 0 Å². The largest absolute Gasteiger partial charge is 0.481 e. The third-order valence-electron chi connectivity index (χ3n) is 7.12. The van der Waals surface area contributed by atoms with Crippen molar-refractivity contribution in [1.29, 1.82) is 0 Å². The number of amides is 2. The highest BCUT2D eigenvalue weighted by molar-refractivity contribution is 5.79. The maximum Gasteiger partial charge on any atom is 0.407 e. The molecule has 1 fully saturated rings. The second kappa shape index (κ2) is 11.4. The normalized spacial score (nSPS) is 19.5. The van der Waals surface area contributed by atoms with Crippen molar-refractivity contribution in [3.63, 3.8) is 0 Å². The molecule has 3 atom stereocenters. The molecule has 0 spiro atoms. The van der Waals surface area contributed by atoms with Crippen LogP contribution in [0.4, 0.5) is 4.79 Å². The highest BCUT2D eigenvalue weighted by Gasteiger charge is 2.29. The van der Waals surface area contributed by atoms with E-state index in [0.717, 1.165) is 19.3 Å². The van der Waals surface area contributed by atoms with Crippen LogP contribution >= 0.6 is 0 Å². The molecule has 2 amide bonds. The van der Waals surface area contributed by atoms with E-state index in [-0.39, 0.29) is 42.9 Å². The molecule has 2 aliphatic rings. The zero-order chi connectivity index (χ0) is 24.8. The predicted octanol–water partition coefficient (Wildman–Crippen LogP) is 4.84. The van der Waals surface area contributed by atoms with Gasteiger partial charge in [0.1, 0.15) is 6.61 Å². The number of benzene rings is 2. The van der Waals surface area contributed by atoms with E-state index in [9.17, 15) is 14.4 Å². The molecule has 0 bridgehead atoms. The van der Waals surface area contributed by atoms with Crippen molar-refractivity contribution >= 4 is 18.0 Å². The van der Waals surface area contributed by atoms with Gasteiger partial charge in [-0.05, 0) is 67.2 Å². The fourth-order valence-electron chi connectivity index (χ4n) is 5.42. The first kappa shape index (κ1) is 24.8. The second-order valence-electron chi connectivity index (χ2n) is 9.80. The quantitative estimate of drug-likeness (QED) is 0.453. The third kappa shape index (κ3) is 6.41. The standard InChI is InChI=1S/C28H34N2O5/c1-18(7-6-12-26(31)30-20-14-13-19(15-20)16-27(32)33)29-28(34)35-17-25-23-10-4-2-8-21(23)22-9-3-5-11-24(22)25/h2-5,8-11,18-20,25H,6-7,12-17H2,1H3,(H,29,34)(H,30,31)(H,32,33)/t18?,19-,20+/m0/s1. The van der Waals surface area contributed by atoms with E-state index < -0.39 is 12.1 Å². The van der Waals surface area contributed by atoms with Crippen LogP contribution in [-0.4, -0.2) is 41.8 Å². The number of alkyl carbamates (subject to hydrolysis) is 1. The molecule has 2 aromatic rings. The number of nitrogens with one attached hydrogen (secondary N) is 2. The lowest BCUT2D eigenvalue weighted by Crippen LogP contribution is -2.35. The van der Waals surface area contributed by atoms with Crippen molar-refractivity contribution in [2.45, 2.75) is 69.9 Å². The third-order valence-corrected chi connectivity index (χ3v) is 7.12. The smallest absolute Gasteiger partial charge is 0.407 e. The molecule has 1 unspecified atom stereocenters. The number of carboxylic acids is 1. The second-order valence-corrected chi connectivity index (χ2v) is 9.80. The first-order valence-electron chi connectivity index (χ1n) is 12.5. The molecule has 186 valence electrons. The van der Waals surface area contributed by atoms with Crippen LogP contribution in [0, 0.1) is 5.92 Å². The maximum absolute atomic E-state index is 12.4. The Labute approximate surface area is 206 Å². The summed E-state index contributed by atoms with van der Waals surface area (Å²) in [5.41, 5.74) is 4.74. The Bertz CT molecular complexity index is 1020. The van der Waals surface area contributed by atoms with Crippen molar-refractivity contribution in [3.8, 4) is 11.1 Å². The molecule has 0 heterocycles. The van der Waals surface area contributed by atoms with E-state index in [1.807, 2.05) is 31.2 Å². The number of hydrogen-bond donors (Lipinski definition) is 3. The van der Waals surface area contributed by atoms with E-state index in [4.69, 9.17) is 9.84 Å². The number of carbonyl (C=O) groups is 3. The lowest BCUT2D eigenvalue weighted by atomic mass is 9.98. The van der Waals surface area contributed by atoms with Gasteiger partial charge in [-0.1, -0.05) is 48.5 Å². The summed E-state index contributed by atoms with van der Waals surface area (Å²) < 4.78 is 5.59. The molecular formula is C28H34N2O5. The lowest BCUT2D eigenvalue weighted by molar-refractivity contribution is -0.138. The molecule has 3 N–H and O–H groups in total. The van der Waals surface area contributed by atoms with E-state index in [0.29, 0.717) is 19.3 Å². The maximum atomic E-state index is 12.4. The van der Waals surface area contributed by atoms with E-state index in [2.05, 4.69) is 34.9 Å². The van der Waals surface area contributed by atoms with Gasteiger partial charge in [0.05, 0.1) is 0 Å². The molecule has 35 heavy (non-hydrogen) atoms. The Kier molecular flexibility index (Phi) is 8.06. The predicted molar refractivity (Wildman–Crippen MR) is 133 cm³/mol. The van der Waals surface area contributed by atoms with Crippen molar-refractivity contribution in [3.05, 3.63) is 59.7 Å². The van der Waals surface area contributed by atoms with Crippen LogP contribution in [0.25, 0.3) is 11.1 Å². The minimum Gasteiger partial charge on any atom is -0.481 e. The summed E-state index contributed by atoms with van der Waals surface area (Å²) in [5.74, 6) is -0.615. The van der Waals surface area contributed by atoms with Gasteiger partial charge >= 0.3 is 12.1 Å². The molecule has 2 aromatic carbocycles. The minimum absolute atomic E-state index is 0.0145. The van der Waals surface area contributed by atoms with Crippen LogP contribution in [-0.2, 0) is 14.3 Å². The molecule has 4 rings (SSSR count). The Morgan fingerprint density at radius 3 is 2.34 bits per heavy atom. The van der Waals surface area contributed by atoms with Gasteiger partial charge < -0.3 is 20.5 Å². The average molecular weight is 479 g/mol. The van der Waals surface area contributed by atoms with E-state index >= 15 is 0 Å². The lowest BCUT2D eigenvalue weighted by Gasteiger charge is -2.17. The molecule has 0 radical (unpaired) electrons. The van der Waals surface area contributed by atoms with E-state index in [1.54, 1.807) is 0 Å². The highest BCUT2D eigenvalue weighted by atomic mass is 16.5. The van der Waals surface area contributed by atoms with E-state index in [1.165, 1.54) is 22.3 Å². The number of rotatable bonds is 10. The Balaban J connectivity index is 1.16. The van der Waals surface area contributed by atoms with Gasteiger partial charge in [0.15, 0.2) is 0 Å². The Hall–Kier alpha value is -3.35. The zero-order valence-electron chi connectivity index (χ0n) is 20.2. The molecule has 1 saturated carbocycles. The SMILES string of the molecule is CC(CCCC(=O)N[C@@H]1CC[C@H](CC(=O)O)C1)NC(=O)OCC1c2ccccc2-c2ccccc21. The van der Waals surface area contributed by atoms with Gasteiger partial charge in [0.2, 0.25) is 5.91 Å². The summed E-state index contributed by atoms with van der Waals surface area (Å²) in [7, 11) is 0. The van der Waals surface area contributed by atoms with Crippen LogP contribution in [0.3, 0.4) is 0 Å². The van der Waals surface area contributed by atoms with Gasteiger partial charge in [-0.25, -0.2) is 4.79 Å². The molecule has 0 aliphatic heterocycles. The van der Waals surface area contributed by atoms with Gasteiger partial charge in [0.25, 0.3) is 0 Å². The summed E-state index contributed by atoms with van der Waals surface area (Å²) in [6, 6.07) is 16.4.